The van der Waals surface area contributed by atoms with E-state index in [9.17, 15) is 4.79 Å². The van der Waals surface area contributed by atoms with E-state index in [1.54, 1.807) is 12.3 Å². The van der Waals surface area contributed by atoms with Gasteiger partial charge in [0.05, 0.1) is 19.3 Å². The van der Waals surface area contributed by atoms with E-state index in [0.717, 1.165) is 12.8 Å². The molecule has 2 fully saturated rings. The van der Waals surface area contributed by atoms with E-state index >= 15 is 0 Å². The van der Waals surface area contributed by atoms with Gasteiger partial charge in [-0.3, -0.25) is 9.40 Å². The van der Waals surface area contributed by atoms with Gasteiger partial charge in [0.2, 0.25) is 0 Å². The molecule has 0 radical (unpaired) electrons. The molecule has 3 heterocycles. The largest absolute Gasteiger partial charge is 0.409 e. The van der Waals surface area contributed by atoms with Crippen LogP contribution in [0.1, 0.15) is 60.6 Å². The molecule has 3 N–H and O–H groups in total. The standard InChI is InChI=1S/C35H52N4O6Si2/c1-34(2,3)46(7,8)45-31-27(24-42-47(35(4,5)6,25-16-11-9-12-17-25)26-18-13-10-14-19-26)43-32(39-22-21-28(36)37-33(39)40)30(31)38-44-29-20-15-23-41-29/h9-14,16-19,21-22,27,29-32,38H,15,20,23-24H2,1-8H3,(H2,36,37,40)/t27-,29?,30-,31-,32-/m1/s1. The van der Waals surface area contributed by atoms with Crippen molar-refractivity contribution >= 4 is 32.8 Å². The van der Waals surface area contributed by atoms with E-state index in [0.29, 0.717) is 6.61 Å². The topological polar surface area (TPSA) is 119 Å². The third-order valence-corrected chi connectivity index (χ3v) is 19.3. The van der Waals surface area contributed by atoms with Crippen molar-refractivity contribution in [3.63, 3.8) is 0 Å². The minimum absolute atomic E-state index is 0.0892. The van der Waals surface area contributed by atoms with Crippen molar-refractivity contribution < 1.29 is 23.2 Å². The highest BCUT2D eigenvalue weighted by molar-refractivity contribution is 6.99. The average Bonchev–Trinajstić information content (AvgIpc) is 3.64. The highest BCUT2D eigenvalue weighted by Gasteiger charge is 2.55. The highest BCUT2D eigenvalue weighted by atomic mass is 28.4. The summed E-state index contributed by atoms with van der Waals surface area (Å²) >= 11 is 0. The van der Waals surface area contributed by atoms with Gasteiger partial charge in [0.15, 0.2) is 20.8 Å². The first-order valence-corrected chi connectivity index (χ1v) is 21.4. The van der Waals surface area contributed by atoms with Crippen LogP contribution in [0.4, 0.5) is 5.82 Å². The number of hydroxylamine groups is 1. The van der Waals surface area contributed by atoms with Gasteiger partial charge in [-0.15, -0.1) is 0 Å². The van der Waals surface area contributed by atoms with Crippen LogP contribution >= 0.6 is 0 Å². The predicted octanol–water partition coefficient (Wildman–Crippen LogP) is 4.72. The van der Waals surface area contributed by atoms with E-state index < -0.39 is 53.1 Å². The van der Waals surface area contributed by atoms with Gasteiger partial charge in [0.1, 0.15) is 18.0 Å². The molecule has 0 saturated carbocycles. The Morgan fingerprint density at radius 1 is 0.957 bits per heavy atom. The number of ether oxygens (including phenoxy) is 2. The summed E-state index contributed by atoms with van der Waals surface area (Å²) in [6.45, 7) is 18.7. The second kappa shape index (κ2) is 14.0. The molecule has 256 valence electrons. The Hall–Kier alpha value is -2.69. The third-order valence-electron chi connectivity index (χ3n) is 9.81. The summed E-state index contributed by atoms with van der Waals surface area (Å²) in [6, 6.07) is 22.1. The molecule has 12 heteroatoms. The first-order chi connectivity index (χ1) is 22.1. The Morgan fingerprint density at radius 2 is 1.57 bits per heavy atom. The predicted molar refractivity (Wildman–Crippen MR) is 189 cm³/mol. The monoisotopic (exact) mass is 680 g/mol. The van der Waals surface area contributed by atoms with Crippen molar-refractivity contribution in [2.24, 2.45) is 0 Å². The molecule has 2 saturated heterocycles. The molecular formula is C35H52N4O6Si2. The molecule has 10 nitrogen and oxygen atoms in total. The number of nitrogens with one attached hydrogen (secondary N) is 1. The second-order valence-electron chi connectivity index (χ2n) is 15.1. The van der Waals surface area contributed by atoms with Crippen molar-refractivity contribution in [1.29, 1.82) is 0 Å². The molecule has 0 aliphatic carbocycles. The van der Waals surface area contributed by atoms with E-state index in [1.165, 1.54) is 14.9 Å². The van der Waals surface area contributed by atoms with Crippen molar-refractivity contribution in [3.05, 3.63) is 83.4 Å². The summed E-state index contributed by atoms with van der Waals surface area (Å²) in [7, 11) is -5.30. The van der Waals surface area contributed by atoms with Crippen LogP contribution in [0.25, 0.3) is 0 Å². The smallest absolute Gasteiger partial charge is 0.351 e. The van der Waals surface area contributed by atoms with Crippen LogP contribution in [0, 0.1) is 0 Å². The van der Waals surface area contributed by atoms with Gasteiger partial charge in [0, 0.05) is 12.6 Å². The van der Waals surface area contributed by atoms with Gasteiger partial charge in [-0.05, 0) is 46.0 Å². The van der Waals surface area contributed by atoms with Crippen LogP contribution in [-0.4, -0.2) is 63.9 Å². The molecule has 0 bridgehead atoms. The first kappa shape index (κ1) is 35.6. The molecule has 1 aromatic heterocycles. The summed E-state index contributed by atoms with van der Waals surface area (Å²) in [5, 5.41) is 2.02. The van der Waals surface area contributed by atoms with Gasteiger partial charge >= 0.3 is 5.69 Å². The Kier molecular flexibility index (Phi) is 10.6. The Labute approximate surface area is 281 Å². The van der Waals surface area contributed by atoms with Crippen LogP contribution in [0.3, 0.4) is 0 Å². The zero-order chi connectivity index (χ0) is 34.0. The Bertz CT molecular complexity index is 1480. The minimum Gasteiger partial charge on any atom is -0.409 e. The molecule has 0 spiro atoms. The number of nitrogen functional groups attached to an aromatic ring is 1. The SMILES string of the molecule is CC(C)(C)[Si](C)(C)O[C@H]1[C@@H](NOC2CCCO2)[C@H](n2ccc(N)nc2=O)O[C@@H]1CO[Si](c1ccccc1)(c1ccccc1)C(C)(C)C. The average molecular weight is 681 g/mol. The maximum Gasteiger partial charge on any atom is 0.351 e. The quantitative estimate of drug-likeness (QED) is 0.219. The molecule has 2 aliphatic rings. The fraction of sp³-hybridized carbons (Fsp3) is 0.543. The van der Waals surface area contributed by atoms with Gasteiger partial charge < -0.3 is 24.1 Å². The molecule has 5 atom stereocenters. The van der Waals surface area contributed by atoms with Crippen molar-refractivity contribution in [1.82, 2.24) is 15.0 Å². The number of anilines is 1. The lowest BCUT2D eigenvalue weighted by atomic mass is 10.1. The van der Waals surface area contributed by atoms with Crippen molar-refractivity contribution in [2.45, 2.75) is 108 Å². The summed E-state index contributed by atoms with van der Waals surface area (Å²) in [5.41, 5.74) is 8.61. The summed E-state index contributed by atoms with van der Waals surface area (Å²) in [5.74, 6) is 0.144. The zero-order valence-electron chi connectivity index (χ0n) is 29.1. The van der Waals surface area contributed by atoms with E-state index in [-0.39, 0.29) is 22.5 Å². The number of nitrogens with two attached hydrogens (primary N) is 1. The van der Waals surface area contributed by atoms with Gasteiger partial charge in [-0.25, -0.2) is 4.79 Å². The summed E-state index contributed by atoms with van der Waals surface area (Å²) < 4.78 is 28.6. The van der Waals surface area contributed by atoms with E-state index in [4.69, 9.17) is 28.9 Å². The number of aromatic nitrogens is 2. The molecule has 3 aromatic rings. The van der Waals surface area contributed by atoms with E-state index in [1.807, 2.05) is 12.1 Å². The lowest BCUT2D eigenvalue weighted by molar-refractivity contribution is -0.174. The van der Waals surface area contributed by atoms with Crippen LogP contribution in [0.2, 0.25) is 23.2 Å². The summed E-state index contributed by atoms with van der Waals surface area (Å²) in [4.78, 5) is 23.4. The number of rotatable bonds is 11. The number of nitrogens with zero attached hydrogens (tertiary/aromatic N) is 2. The third kappa shape index (κ3) is 7.50. The number of hydrogen-bond donors (Lipinski definition) is 2. The fourth-order valence-electron chi connectivity index (χ4n) is 6.28. The molecule has 0 amide bonds. The second-order valence-corrected chi connectivity index (χ2v) is 24.2. The maximum absolute atomic E-state index is 13.3. The lowest BCUT2D eigenvalue weighted by Gasteiger charge is -2.44. The van der Waals surface area contributed by atoms with Crippen molar-refractivity contribution in [3.8, 4) is 0 Å². The molecule has 1 unspecified atom stereocenters. The number of hydrogen-bond acceptors (Lipinski definition) is 9. The minimum atomic E-state index is -2.92. The summed E-state index contributed by atoms with van der Waals surface area (Å²) in [6.07, 6.45) is 1.01. The van der Waals surface area contributed by atoms with Crippen molar-refractivity contribution in [2.75, 3.05) is 18.9 Å². The highest BCUT2D eigenvalue weighted by Crippen LogP contribution is 2.43. The number of benzene rings is 2. The molecule has 47 heavy (non-hydrogen) atoms. The molecule has 2 aromatic carbocycles. The van der Waals surface area contributed by atoms with Gasteiger partial charge in [0.25, 0.3) is 8.32 Å². The van der Waals surface area contributed by atoms with Crippen LogP contribution < -0.4 is 27.3 Å². The Morgan fingerprint density at radius 3 is 2.09 bits per heavy atom. The van der Waals surface area contributed by atoms with Crippen LogP contribution in [0.15, 0.2) is 77.7 Å². The Balaban J connectivity index is 1.58. The molecule has 2 aliphatic heterocycles. The van der Waals surface area contributed by atoms with E-state index in [2.05, 4.69) is 114 Å². The van der Waals surface area contributed by atoms with Crippen LogP contribution in [-0.2, 0) is 23.2 Å². The van der Waals surface area contributed by atoms with Crippen LogP contribution in [0.5, 0.6) is 0 Å². The first-order valence-electron chi connectivity index (χ1n) is 16.6. The molecule has 5 rings (SSSR count). The maximum atomic E-state index is 13.3. The van der Waals surface area contributed by atoms with Gasteiger partial charge in [-0.2, -0.15) is 10.5 Å². The normalized spacial score (nSPS) is 24.1. The molecular weight excluding hydrogens is 629 g/mol. The lowest BCUT2D eigenvalue weighted by Crippen LogP contribution is -2.67. The fourth-order valence-corrected chi connectivity index (χ4v) is 12.2. The van der Waals surface area contributed by atoms with Gasteiger partial charge in [-0.1, -0.05) is 102 Å². The zero-order valence-corrected chi connectivity index (χ0v) is 31.1.